The molecule has 1 aromatic heterocycles. The van der Waals surface area contributed by atoms with Gasteiger partial charge in [0.2, 0.25) is 23.0 Å². The monoisotopic (exact) mass is 631 g/mol. The Balaban J connectivity index is 1.58. The predicted octanol–water partition coefficient (Wildman–Crippen LogP) is 4.91. The normalized spacial score (nSPS) is 14.4. The van der Waals surface area contributed by atoms with Gasteiger partial charge in [0.05, 0.1) is 50.4 Å². The number of hydrogen-bond donors (Lipinski definition) is 4. The van der Waals surface area contributed by atoms with Crippen LogP contribution in [0.4, 0.5) is 11.4 Å². The second-order valence-electron chi connectivity index (χ2n) is 10.7. The first-order valence-electron chi connectivity index (χ1n) is 14.5. The molecule has 1 heterocycles. The Morgan fingerprint density at radius 1 is 1.07 bits per heavy atom. The molecule has 0 bridgehead atoms. The number of benzene rings is 2. The van der Waals surface area contributed by atoms with Crippen molar-refractivity contribution in [2.45, 2.75) is 38.3 Å². The molecule has 1 aliphatic carbocycles. The third-order valence-electron chi connectivity index (χ3n) is 7.86. The average molecular weight is 632 g/mol. The number of methoxy groups -OCH3 is 3. The van der Waals surface area contributed by atoms with Crippen LogP contribution in [0, 0.1) is 0 Å². The highest BCUT2D eigenvalue weighted by atomic mass is 32.2. The first kappa shape index (κ1) is 31.7. The third kappa shape index (κ3) is 6.70. The molecule has 0 radical (unpaired) electrons. The highest BCUT2D eigenvalue weighted by molar-refractivity contribution is 7.98. The van der Waals surface area contributed by atoms with Crippen molar-refractivity contribution in [1.29, 1.82) is 0 Å². The van der Waals surface area contributed by atoms with Gasteiger partial charge in [0, 0.05) is 18.2 Å². The first-order chi connectivity index (χ1) is 21.8. The zero-order valence-electron chi connectivity index (χ0n) is 25.9. The van der Waals surface area contributed by atoms with E-state index in [1.165, 1.54) is 6.92 Å². The van der Waals surface area contributed by atoms with Gasteiger partial charge in [0.15, 0.2) is 11.5 Å². The standard InChI is InChI=1S/C33H37N5O6S/c1-18(39)36-23-9-6-19-14-29(42-2)31(43-3)32(44-4)30(19)21-8-11-25(28(40)16-22(21)23)38-26(12-13-45-5)33(41)37-20-7-10-24-27(15-20)35-17-34-24/h7-8,10-11,14-17,23,26H,6,9,12-13H2,1-5H3,(H,34,35)(H,36,39)(H,37,41)(H,38,40)/t23-,26-/m1/s1. The predicted molar refractivity (Wildman–Crippen MR) is 178 cm³/mol. The number of hydrogen-bond acceptors (Lipinski definition) is 9. The highest BCUT2D eigenvalue weighted by Gasteiger charge is 2.30. The number of anilines is 2. The summed E-state index contributed by atoms with van der Waals surface area (Å²) in [4.78, 5) is 46.9. The van der Waals surface area contributed by atoms with Gasteiger partial charge in [-0.1, -0.05) is 6.07 Å². The van der Waals surface area contributed by atoms with Crippen molar-refractivity contribution < 1.29 is 23.8 Å². The Bertz CT molecular complexity index is 1790. The Kier molecular flexibility index (Phi) is 9.82. The molecule has 4 N–H and O–H groups in total. The number of fused-ring (bicyclic) bond motifs is 4. The second-order valence-corrected chi connectivity index (χ2v) is 11.7. The fourth-order valence-corrected chi connectivity index (χ4v) is 6.23. The van der Waals surface area contributed by atoms with Crippen molar-refractivity contribution in [2.24, 2.45) is 0 Å². The molecule has 1 aliphatic rings. The van der Waals surface area contributed by atoms with Crippen LogP contribution in [0.3, 0.4) is 0 Å². The molecule has 4 aromatic rings. The van der Waals surface area contributed by atoms with Crippen molar-refractivity contribution in [3.05, 3.63) is 70.1 Å². The number of nitrogens with zero attached hydrogens (tertiary/aromatic N) is 1. The molecule has 11 nitrogen and oxygen atoms in total. The summed E-state index contributed by atoms with van der Waals surface area (Å²) in [5, 5.41) is 9.21. The van der Waals surface area contributed by atoms with E-state index < -0.39 is 12.1 Å². The van der Waals surface area contributed by atoms with Gasteiger partial charge in [-0.3, -0.25) is 14.4 Å². The zero-order chi connectivity index (χ0) is 32.1. The number of ether oxygens (including phenoxy) is 3. The Morgan fingerprint density at radius 3 is 2.58 bits per heavy atom. The van der Waals surface area contributed by atoms with E-state index in [4.69, 9.17) is 14.2 Å². The molecule has 0 spiro atoms. The molecular weight excluding hydrogens is 594 g/mol. The number of carbonyl (C=O) groups is 2. The van der Waals surface area contributed by atoms with Gasteiger partial charge in [0.1, 0.15) is 6.04 Å². The van der Waals surface area contributed by atoms with Gasteiger partial charge in [-0.05, 0) is 84.4 Å². The molecule has 236 valence electrons. The van der Waals surface area contributed by atoms with E-state index in [1.807, 2.05) is 30.5 Å². The fourth-order valence-electron chi connectivity index (χ4n) is 5.76. The number of nitrogens with one attached hydrogen (secondary N) is 4. The topological polar surface area (TPSA) is 144 Å². The van der Waals surface area contributed by atoms with E-state index in [0.717, 1.165) is 22.2 Å². The minimum absolute atomic E-state index is 0.210. The molecule has 45 heavy (non-hydrogen) atoms. The molecule has 2 atom stereocenters. The van der Waals surface area contributed by atoms with Crippen LogP contribution in [-0.2, 0) is 16.0 Å². The molecule has 0 unspecified atom stereocenters. The minimum Gasteiger partial charge on any atom is -0.493 e. The third-order valence-corrected chi connectivity index (χ3v) is 8.50. The summed E-state index contributed by atoms with van der Waals surface area (Å²) >= 11 is 1.61. The Hall–Kier alpha value is -4.71. The van der Waals surface area contributed by atoms with Gasteiger partial charge in [-0.25, -0.2) is 4.98 Å². The van der Waals surface area contributed by atoms with Crippen LogP contribution in [0.5, 0.6) is 17.2 Å². The maximum atomic E-state index is 13.8. The summed E-state index contributed by atoms with van der Waals surface area (Å²) in [6.07, 6.45) is 5.19. The number of aromatic nitrogens is 2. The quantitative estimate of drug-likeness (QED) is 0.182. The van der Waals surface area contributed by atoms with E-state index in [0.29, 0.717) is 59.1 Å². The lowest BCUT2D eigenvalue weighted by Gasteiger charge is -2.19. The molecule has 3 aromatic carbocycles. The summed E-state index contributed by atoms with van der Waals surface area (Å²) < 4.78 is 17.1. The van der Waals surface area contributed by atoms with Crippen LogP contribution < -0.4 is 35.6 Å². The summed E-state index contributed by atoms with van der Waals surface area (Å²) in [6, 6.07) is 11.3. The number of carbonyl (C=O) groups excluding carboxylic acids is 2. The number of aryl methyl sites for hydroxylation is 1. The van der Waals surface area contributed by atoms with Gasteiger partial charge in [-0.15, -0.1) is 0 Å². The van der Waals surface area contributed by atoms with Crippen LogP contribution in [0.2, 0.25) is 0 Å². The van der Waals surface area contributed by atoms with E-state index in [-0.39, 0.29) is 22.9 Å². The Labute approximate surface area is 265 Å². The smallest absolute Gasteiger partial charge is 0.246 e. The van der Waals surface area contributed by atoms with Crippen LogP contribution in [0.1, 0.15) is 36.9 Å². The molecule has 0 aliphatic heterocycles. The first-order valence-corrected chi connectivity index (χ1v) is 15.9. The lowest BCUT2D eigenvalue weighted by atomic mass is 9.95. The van der Waals surface area contributed by atoms with Crippen molar-refractivity contribution in [2.75, 3.05) is 44.0 Å². The lowest BCUT2D eigenvalue weighted by molar-refractivity contribution is -0.120. The van der Waals surface area contributed by atoms with Crippen LogP contribution in [-0.4, -0.2) is 61.2 Å². The number of aromatic amines is 1. The van der Waals surface area contributed by atoms with Crippen LogP contribution in [0.15, 0.2) is 53.6 Å². The lowest BCUT2D eigenvalue weighted by Crippen LogP contribution is -2.36. The zero-order valence-corrected chi connectivity index (χ0v) is 26.7. The van der Waals surface area contributed by atoms with Crippen LogP contribution >= 0.6 is 11.8 Å². The largest absolute Gasteiger partial charge is 0.493 e. The highest BCUT2D eigenvalue weighted by Crippen LogP contribution is 2.50. The van der Waals surface area contributed by atoms with Gasteiger partial charge in [-0.2, -0.15) is 11.8 Å². The minimum atomic E-state index is -0.692. The molecule has 0 fully saturated rings. The van der Waals surface area contributed by atoms with Crippen LogP contribution in [0.25, 0.3) is 22.2 Å². The summed E-state index contributed by atoms with van der Waals surface area (Å²) in [7, 11) is 4.66. The van der Waals surface area contributed by atoms with Crippen molar-refractivity contribution in [3.63, 3.8) is 0 Å². The van der Waals surface area contributed by atoms with E-state index >= 15 is 0 Å². The molecule has 12 heteroatoms. The number of H-pyrrole nitrogens is 1. The fraction of sp³-hybridized carbons (Fsp3) is 0.333. The SMILES string of the molecule is COc1cc2c(c(OC)c1OC)-c1ccc(N[C@H](CCSC)C(=O)Nc3ccc4nc[nH]c4c3)c(=O)cc1[C@H](NC(C)=O)CC2. The number of thioether (sulfide) groups is 1. The number of imidazole rings is 1. The molecule has 0 saturated heterocycles. The van der Waals surface area contributed by atoms with Crippen molar-refractivity contribution in [3.8, 4) is 28.4 Å². The summed E-state index contributed by atoms with van der Waals surface area (Å²) in [5.41, 5.74) is 5.21. The van der Waals surface area contributed by atoms with Gasteiger partial charge >= 0.3 is 0 Å². The number of amides is 2. The maximum absolute atomic E-state index is 13.8. The molecule has 0 saturated carbocycles. The van der Waals surface area contributed by atoms with E-state index in [9.17, 15) is 14.4 Å². The molecule has 2 amide bonds. The van der Waals surface area contributed by atoms with E-state index in [1.54, 1.807) is 57.6 Å². The molecule has 5 rings (SSSR count). The average Bonchev–Trinajstić information content (AvgIpc) is 3.38. The second kappa shape index (κ2) is 13.9. The van der Waals surface area contributed by atoms with Gasteiger partial charge < -0.3 is 35.1 Å². The summed E-state index contributed by atoms with van der Waals surface area (Å²) in [6.45, 7) is 1.46. The maximum Gasteiger partial charge on any atom is 0.246 e. The number of rotatable bonds is 11. The summed E-state index contributed by atoms with van der Waals surface area (Å²) in [5.74, 6) is 1.64. The van der Waals surface area contributed by atoms with Crippen molar-refractivity contribution in [1.82, 2.24) is 15.3 Å². The van der Waals surface area contributed by atoms with E-state index in [2.05, 4.69) is 25.9 Å². The van der Waals surface area contributed by atoms with Gasteiger partial charge in [0.25, 0.3) is 0 Å². The van der Waals surface area contributed by atoms with Crippen molar-refractivity contribution >= 4 is 46.0 Å². The Morgan fingerprint density at radius 2 is 1.87 bits per heavy atom. The molecular formula is C33H37N5O6S.